The molecule has 1 aliphatic rings. The molecule has 0 aromatic carbocycles. The van der Waals surface area contributed by atoms with Crippen LogP contribution in [0.5, 0.6) is 0 Å². The van der Waals surface area contributed by atoms with Crippen LogP contribution in [0.15, 0.2) is 5.16 Å². The molecule has 2 atom stereocenters. The minimum absolute atomic E-state index is 0.0155. The van der Waals surface area contributed by atoms with Crippen molar-refractivity contribution in [1.82, 2.24) is 14.8 Å². The molecule has 0 amide bonds. The first kappa shape index (κ1) is 14.2. The summed E-state index contributed by atoms with van der Waals surface area (Å²) in [6.45, 7) is 3.07. The Morgan fingerprint density at radius 1 is 1.47 bits per heavy atom. The van der Waals surface area contributed by atoms with Gasteiger partial charge in [-0.1, -0.05) is 37.9 Å². The third-order valence-corrected chi connectivity index (χ3v) is 4.73. The molecule has 2 rings (SSSR count). The number of aromatic nitrogens is 3. The monoisotopic (exact) mass is 284 g/mol. The molecule has 106 valence electrons. The van der Waals surface area contributed by atoms with E-state index in [4.69, 9.17) is 10.8 Å². The van der Waals surface area contributed by atoms with Gasteiger partial charge in [-0.3, -0.25) is 9.36 Å². The second kappa shape index (κ2) is 6.27. The smallest absolute Gasteiger partial charge is 0.313 e. The Hall–Kier alpha value is -1.24. The lowest BCUT2D eigenvalue weighted by Crippen LogP contribution is -2.23. The Morgan fingerprint density at radius 2 is 2.21 bits per heavy atom. The van der Waals surface area contributed by atoms with Gasteiger partial charge >= 0.3 is 5.97 Å². The normalized spacial score (nSPS) is 23.4. The molecule has 1 saturated carbocycles. The number of aliphatic carboxylic acids is 1. The molecule has 1 aromatic rings. The summed E-state index contributed by atoms with van der Waals surface area (Å²) in [6, 6.07) is 0. The molecule has 2 unspecified atom stereocenters. The molecule has 19 heavy (non-hydrogen) atoms. The van der Waals surface area contributed by atoms with Gasteiger partial charge in [-0.05, 0) is 18.3 Å². The topological polar surface area (TPSA) is 94.0 Å². The number of carbonyl (C=O) groups is 1. The van der Waals surface area contributed by atoms with Crippen LogP contribution in [0, 0.1) is 11.8 Å². The third-order valence-electron chi connectivity index (χ3n) is 3.78. The van der Waals surface area contributed by atoms with Gasteiger partial charge in [-0.2, -0.15) is 0 Å². The number of rotatable bonds is 5. The highest BCUT2D eigenvalue weighted by atomic mass is 32.2. The van der Waals surface area contributed by atoms with Crippen molar-refractivity contribution in [2.24, 2.45) is 11.8 Å². The van der Waals surface area contributed by atoms with Crippen LogP contribution in [0.4, 0.5) is 5.95 Å². The predicted molar refractivity (Wildman–Crippen MR) is 73.9 cm³/mol. The number of carboxylic acids is 1. The lowest BCUT2D eigenvalue weighted by atomic mass is 9.80. The van der Waals surface area contributed by atoms with Gasteiger partial charge in [0, 0.05) is 6.54 Å². The van der Waals surface area contributed by atoms with Crippen LogP contribution >= 0.6 is 11.8 Å². The first-order valence-corrected chi connectivity index (χ1v) is 7.59. The van der Waals surface area contributed by atoms with Gasteiger partial charge in [0.25, 0.3) is 0 Å². The van der Waals surface area contributed by atoms with Crippen LogP contribution in [-0.2, 0) is 11.3 Å². The van der Waals surface area contributed by atoms with E-state index in [1.807, 2.05) is 4.57 Å². The fourth-order valence-corrected chi connectivity index (χ4v) is 3.28. The highest BCUT2D eigenvalue weighted by Gasteiger charge is 2.24. The standard InChI is InChI=1S/C12H20N4O2S/c1-8-4-2-3-5-9(8)6-16-11(13)14-15-12(16)19-7-10(17)18/h8-9H,2-7H2,1H3,(H2,13,14)(H,17,18). The van der Waals surface area contributed by atoms with Crippen LogP contribution in [-0.4, -0.2) is 31.6 Å². The Kier molecular flexibility index (Phi) is 4.68. The van der Waals surface area contributed by atoms with E-state index in [0.29, 0.717) is 22.9 Å². The second-order valence-electron chi connectivity index (χ2n) is 5.16. The third kappa shape index (κ3) is 3.62. The number of nitrogens with two attached hydrogens (primary N) is 1. The van der Waals surface area contributed by atoms with Crippen molar-refractivity contribution in [2.75, 3.05) is 11.5 Å². The zero-order valence-electron chi connectivity index (χ0n) is 11.1. The summed E-state index contributed by atoms with van der Waals surface area (Å²) in [6.07, 6.45) is 5.01. The van der Waals surface area contributed by atoms with Crippen molar-refractivity contribution in [3.05, 3.63) is 0 Å². The fourth-order valence-electron chi connectivity index (χ4n) is 2.60. The molecule has 0 radical (unpaired) electrons. The van der Waals surface area contributed by atoms with E-state index < -0.39 is 5.97 Å². The molecule has 0 saturated heterocycles. The number of thioether (sulfide) groups is 1. The molecule has 3 N–H and O–H groups in total. The number of hydrogen-bond donors (Lipinski definition) is 2. The predicted octanol–water partition coefficient (Wildman–Crippen LogP) is 1.86. The Morgan fingerprint density at radius 3 is 2.89 bits per heavy atom. The average molecular weight is 284 g/mol. The van der Waals surface area contributed by atoms with Gasteiger partial charge in [0.2, 0.25) is 5.95 Å². The van der Waals surface area contributed by atoms with Gasteiger partial charge in [0.1, 0.15) is 0 Å². The summed E-state index contributed by atoms with van der Waals surface area (Å²) in [4.78, 5) is 10.6. The first-order valence-electron chi connectivity index (χ1n) is 6.61. The number of nitrogens with zero attached hydrogens (tertiary/aromatic N) is 3. The van der Waals surface area contributed by atoms with Crippen molar-refractivity contribution in [1.29, 1.82) is 0 Å². The zero-order valence-corrected chi connectivity index (χ0v) is 11.9. The maximum Gasteiger partial charge on any atom is 0.313 e. The average Bonchev–Trinajstić information content (AvgIpc) is 2.71. The van der Waals surface area contributed by atoms with E-state index in [1.54, 1.807) is 0 Å². The van der Waals surface area contributed by atoms with Crippen molar-refractivity contribution in [3.8, 4) is 0 Å². The van der Waals surface area contributed by atoms with E-state index in [2.05, 4.69) is 17.1 Å². The van der Waals surface area contributed by atoms with Crippen molar-refractivity contribution >= 4 is 23.7 Å². The fraction of sp³-hybridized carbons (Fsp3) is 0.750. The Balaban J connectivity index is 2.05. The lowest BCUT2D eigenvalue weighted by molar-refractivity contribution is -0.133. The zero-order chi connectivity index (χ0) is 13.8. The van der Waals surface area contributed by atoms with Gasteiger partial charge in [-0.15, -0.1) is 10.2 Å². The van der Waals surface area contributed by atoms with E-state index in [9.17, 15) is 4.79 Å². The Labute approximate surface area is 116 Å². The van der Waals surface area contributed by atoms with Crippen molar-refractivity contribution in [2.45, 2.75) is 44.3 Å². The summed E-state index contributed by atoms with van der Waals surface area (Å²) in [7, 11) is 0. The molecule has 1 aromatic heterocycles. The molecular formula is C12H20N4O2S. The second-order valence-corrected chi connectivity index (χ2v) is 6.10. The van der Waals surface area contributed by atoms with Crippen LogP contribution in [0.3, 0.4) is 0 Å². The van der Waals surface area contributed by atoms with E-state index in [0.717, 1.165) is 6.54 Å². The lowest BCUT2D eigenvalue weighted by Gasteiger charge is -2.29. The minimum Gasteiger partial charge on any atom is -0.481 e. The number of anilines is 1. The first-order chi connectivity index (χ1) is 9.08. The molecular weight excluding hydrogens is 264 g/mol. The summed E-state index contributed by atoms with van der Waals surface area (Å²) in [5.74, 6) is 0.761. The molecule has 1 heterocycles. The van der Waals surface area contributed by atoms with Crippen LogP contribution in [0.1, 0.15) is 32.6 Å². The summed E-state index contributed by atoms with van der Waals surface area (Å²) >= 11 is 1.18. The number of carboxylic acid groups (broad SMARTS) is 1. The van der Waals surface area contributed by atoms with E-state index in [-0.39, 0.29) is 5.75 Å². The quantitative estimate of drug-likeness (QED) is 0.802. The number of nitrogen functional groups attached to an aromatic ring is 1. The van der Waals surface area contributed by atoms with Crippen LogP contribution in [0.2, 0.25) is 0 Å². The molecule has 0 spiro atoms. The minimum atomic E-state index is -0.857. The van der Waals surface area contributed by atoms with Gasteiger partial charge < -0.3 is 10.8 Å². The summed E-state index contributed by atoms with van der Waals surface area (Å²) in [5.41, 5.74) is 5.84. The molecule has 1 fully saturated rings. The Bertz CT molecular complexity index is 449. The maximum absolute atomic E-state index is 10.6. The van der Waals surface area contributed by atoms with Crippen molar-refractivity contribution < 1.29 is 9.90 Å². The molecule has 6 nitrogen and oxygen atoms in total. The largest absolute Gasteiger partial charge is 0.481 e. The highest BCUT2D eigenvalue weighted by Crippen LogP contribution is 2.32. The van der Waals surface area contributed by atoms with Gasteiger partial charge in [0.15, 0.2) is 5.16 Å². The SMILES string of the molecule is CC1CCCCC1Cn1c(N)nnc1SCC(=O)O. The maximum atomic E-state index is 10.6. The molecule has 7 heteroatoms. The molecule has 0 aliphatic heterocycles. The van der Waals surface area contributed by atoms with Crippen molar-refractivity contribution in [3.63, 3.8) is 0 Å². The summed E-state index contributed by atoms with van der Waals surface area (Å²) < 4.78 is 1.86. The highest BCUT2D eigenvalue weighted by molar-refractivity contribution is 7.99. The summed E-state index contributed by atoms with van der Waals surface area (Å²) in [5, 5.41) is 17.2. The van der Waals surface area contributed by atoms with Crippen LogP contribution < -0.4 is 5.73 Å². The molecule has 1 aliphatic carbocycles. The van der Waals surface area contributed by atoms with Gasteiger partial charge in [-0.25, -0.2) is 0 Å². The number of hydrogen-bond acceptors (Lipinski definition) is 5. The molecule has 0 bridgehead atoms. The van der Waals surface area contributed by atoms with E-state index >= 15 is 0 Å². The van der Waals surface area contributed by atoms with Crippen LogP contribution in [0.25, 0.3) is 0 Å². The van der Waals surface area contributed by atoms with Gasteiger partial charge in [0.05, 0.1) is 5.75 Å². The van der Waals surface area contributed by atoms with E-state index in [1.165, 1.54) is 37.4 Å².